The van der Waals surface area contributed by atoms with Crippen LogP contribution in [-0.2, 0) is 6.61 Å². The Hall–Kier alpha value is -2.92. The van der Waals surface area contributed by atoms with E-state index in [1.807, 2.05) is 54.6 Å². The van der Waals surface area contributed by atoms with Crippen LogP contribution in [0.25, 0.3) is 0 Å². The number of carbonyl (C=O) groups excluding carboxylic acids is 1. The summed E-state index contributed by atoms with van der Waals surface area (Å²) in [4.78, 5) is 12.1. The molecular weight excluding hydrogens is 392 g/mol. The van der Waals surface area contributed by atoms with Gasteiger partial charge in [-0.1, -0.05) is 58.4 Å². The Bertz CT molecular complexity index is 876. The Balaban J connectivity index is 1.52. The van der Waals surface area contributed by atoms with Crippen molar-refractivity contribution in [2.45, 2.75) is 6.61 Å². The van der Waals surface area contributed by atoms with Crippen molar-refractivity contribution in [3.8, 4) is 5.75 Å². The van der Waals surface area contributed by atoms with Crippen LogP contribution >= 0.6 is 15.9 Å². The standard InChI is InChI=1S/C21H17BrN2O2/c22-19-10-6-16(7-11-19)14-23-24-21(25)18-8-12-20(13-9-18)26-15-17-4-2-1-3-5-17/h1-14H,15H2,(H,24,25). The Morgan fingerprint density at radius 2 is 1.65 bits per heavy atom. The number of nitrogens with one attached hydrogen (secondary N) is 1. The normalized spacial score (nSPS) is 10.7. The molecule has 0 radical (unpaired) electrons. The molecule has 4 nitrogen and oxygen atoms in total. The number of hydrogen-bond donors (Lipinski definition) is 1. The maximum absolute atomic E-state index is 12.1. The minimum Gasteiger partial charge on any atom is -0.489 e. The highest BCUT2D eigenvalue weighted by atomic mass is 79.9. The van der Waals surface area contributed by atoms with Gasteiger partial charge in [0.25, 0.3) is 5.91 Å². The van der Waals surface area contributed by atoms with Gasteiger partial charge in [-0.2, -0.15) is 5.10 Å². The molecule has 0 aliphatic rings. The van der Waals surface area contributed by atoms with Gasteiger partial charge in [0.1, 0.15) is 12.4 Å². The van der Waals surface area contributed by atoms with Crippen molar-refractivity contribution >= 4 is 28.1 Å². The Kier molecular flexibility index (Phi) is 6.17. The van der Waals surface area contributed by atoms with Gasteiger partial charge >= 0.3 is 0 Å². The fourth-order valence-electron chi connectivity index (χ4n) is 2.22. The van der Waals surface area contributed by atoms with Gasteiger partial charge in [0.2, 0.25) is 0 Å². The lowest BCUT2D eigenvalue weighted by atomic mass is 10.2. The molecule has 0 atom stereocenters. The summed E-state index contributed by atoms with van der Waals surface area (Å²) in [5.74, 6) is 0.441. The summed E-state index contributed by atoms with van der Waals surface area (Å²) in [6, 6.07) is 24.5. The van der Waals surface area contributed by atoms with Crippen LogP contribution in [0.5, 0.6) is 5.75 Å². The van der Waals surface area contributed by atoms with Gasteiger partial charge in [-0.25, -0.2) is 5.43 Å². The predicted octanol–water partition coefficient (Wildman–Crippen LogP) is 4.79. The zero-order chi connectivity index (χ0) is 18.2. The van der Waals surface area contributed by atoms with E-state index < -0.39 is 0 Å². The number of amides is 1. The molecule has 0 saturated carbocycles. The van der Waals surface area contributed by atoms with Crippen molar-refractivity contribution in [2.75, 3.05) is 0 Å². The smallest absolute Gasteiger partial charge is 0.271 e. The average Bonchev–Trinajstić information content (AvgIpc) is 2.69. The Labute approximate surface area is 160 Å². The summed E-state index contributed by atoms with van der Waals surface area (Å²) in [5, 5.41) is 3.97. The summed E-state index contributed by atoms with van der Waals surface area (Å²) in [5.41, 5.74) is 5.03. The molecular formula is C21H17BrN2O2. The second-order valence-corrected chi connectivity index (χ2v) is 6.47. The van der Waals surface area contributed by atoms with Crippen molar-refractivity contribution in [3.05, 3.63) is 100 Å². The number of rotatable bonds is 6. The molecule has 3 aromatic rings. The van der Waals surface area contributed by atoms with Crippen LogP contribution < -0.4 is 10.2 Å². The number of nitrogens with zero attached hydrogens (tertiary/aromatic N) is 1. The summed E-state index contributed by atoms with van der Waals surface area (Å²) in [7, 11) is 0. The van der Waals surface area contributed by atoms with E-state index in [0.717, 1.165) is 15.6 Å². The van der Waals surface area contributed by atoms with Crippen molar-refractivity contribution in [1.82, 2.24) is 5.43 Å². The summed E-state index contributed by atoms with van der Waals surface area (Å²) in [6.07, 6.45) is 1.60. The molecule has 0 aliphatic carbocycles. The first-order chi connectivity index (χ1) is 12.7. The molecule has 1 amide bonds. The highest BCUT2D eigenvalue weighted by Crippen LogP contribution is 2.14. The van der Waals surface area contributed by atoms with Gasteiger partial charge in [-0.15, -0.1) is 0 Å². The first kappa shape index (κ1) is 17.9. The molecule has 0 aliphatic heterocycles. The molecule has 0 fully saturated rings. The van der Waals surface area contributed by atoms with Crippen molar-refractivity contribution < 1.29 is 9.53 Å². The van der Waals surface area contributed by atoms with Gasteiger partial charge in [-0.3, -0.25) is 4.79 Å². The molecule has 0 bridgehead atoms. The van der Waals surface area contributed by atoms with Crippen LogP contribution in [0.4, 0.5) is 0 Å². The molecule has 3 rings (SSSR count). The molecule has 26 heavy (non-hydrogen) atoms. The lowest BCUT2D eigenvalue weighted by Crippen LogP contribution is -2.17. The van der Waals surface area contributed by atoms with E-state index in [0.29, 0.717) is 17.9 Å². The topological polar surface area (TPSA) is 50.7 Å². The molecule has 5 heteroatoms. The van der Waals surface area contributed by atoms with Gasteiger partial charge in [0.05, 0.1) is 6.21 Å². The lowest BCUT2D eigenvalue weighted by Gasteiger charge is -2.07. The third kappa shape index (κ3) is 5.29. The van der Waals surface area contributed by atoms with Crippen molar-refractivity contribution in [1.29, 1.82) is 0 Å². The zero-order valence-corrected chi connectivity index (χ0v) is 15.5. The number of hydrazone groups is 1. The molecule has 0 unspecified atom stereocenters. The second kappa shape index (κ2) is 8.97. The van der Waals surface area contributed by atoms with Crippen molar-refractivity contribution in [2.24, 2.45) is 5.10 Å². The monoisotopic (exact) mass is 408 g/mol. The second-order valence-electron chi connectivity index (χ2n) is 5.55. The van der Waals surface area contributed by atoms with Crippen molar-refractivity contribution in [3.63, 3.8) is 0 Å². The van der Waals surface area contributed by atoms with E-state index >= 15 is 0 Å². The Morgan fingerprint density at radius 3 is 2.35 bits per heavy atom. The van der Waals surface area contributed by atoms with Crippen LogP contribution in [0, 0.1) is 0 Å². The molecule has 3 aromatic carbocycles. The molecule has 0 heterocycles. The van der Waals surface area contributed by atoms with Gasteiger partial charge in [0, 0.05) is 10.0 Å². The Morgan fingerprint density at radius 1 is 0.962 bits per heavy atom. The quantitative estimate of drug-likeness (QED) is 0.470. The summed E-state index contributed by atoms with van der Waals surface area (Å²) < 4.78 is 6.70. The molecule has 0 aromatic heterocycles. The van der Waals surface area contributed by atoms with E-state index in [4.69, 9.17) is 4.74 Å². The third-order valence-electron chi connectivity index (χ3n) is 3.61. The lowest BCUT2D eigenvalue weighted by molar-refractivity contribution is 0.0955. The molecule has 0 saturated heterocycles. The average molecular weight is 409 g/mol. The maximum atomic E-state index is 12.1. The first-order valence-corrected chi connectivity index (χ1v) is 8.86. The molecule has 1 N–H and O–H groups in total. The fourth-order valence-corrected chi connectivity index (χ4v) is 2.49. The minimum atomic E-state index is -0.270. The third-order valence-corrected chi connectivity index (χ3v) is 4.14. The highest BCUT2D eigenvalue weighted by molar-refractivity contribution is 9.10. The van der Waals surface area contributed by atoms with Gasteiger partial charge in [-0.05, 0) is 47.5 Å². The molecule has 130 valence electrons. The maximum Gasteiger partial charge on any atom is 0.271 e. The number of benzene rings is 3. The van der Waals surface area contributed by atoms with Gasteiger partial charge in [0.15, 0.2) is 0 Å². The van der Waals surface area contributed by atoms with Crippen LogP contribution in [-0.4, -0.2) is 12.1 Å². The summed E-state index contributed by atoms with van der Waals surface area (Å²) in [6.45, 7) is 0.490. The zero-order valence-electron chi connectivity index (χ0n) is 13.9. The molecule has 0 spiro atoms. The van der Waals surface area contributed by atoms with Crippen LogP contribution in [0.1, 0.15) is 21.5 Å². The SMILES string of the molecule is O=C(NN=Cc1ccc(Br)cc1)c1ccc(OCc2ccccc2)cc1. The van der Waals surface area contributed by atoms with E-state index in [-0.39, 0.29) is 5.91 Å². The minimum absolute atomic E-state index is 0.270. The van der Waals surface area contributed by atoms with Gasteiger partial charge < -0.3 is 4.74 Å². The number of hydrogen-bond acceptors (Lipinski definition) is 3. The van der Waals surface area contributed by atoms with Crippen LogP contribution in [0.15, 0.2) is 88.4 Å². The van der Waals surface area contributed by atoms with E-state index in [9.17, 15) is 4.79 Å². The van der Waals surface area contributed by atoms with Crippen LogP contribution in [0.2, 0.25) is 0 Å². The predicted molar refractivity (Wildman–Crippen MR) is 106 cm³/mol. The highest BCUT2D eigenvalue weighted by Gasteiger charge is 2.04. The number of halogens is 1. The number of carbonyl (C=O) groups is 1. The first-order valence-electron chi connectivity index (χ1n) is 8.06. The largest absolute Gasteiger partial charge is 0.489 e. The van der Waals surface area contributed by atoms with Crippen LogP contribution in [0.3, 0.4) is 0 Å². The van der Waals surface area contributed by atoms with E-state index in [1.165, 1.54) is 0 Å². The summed E-state index contributed by atoms with van der Waals surface area (Å²) >= 11 is 3.37. The fraction of sp³-hybridized carbons (Fsp3) is 0.0476. The van der Waals surface area contributed by atoms with E-state index in [1.54, 1.807) is 30.5 Å². The van der Waals surface area contributed by atoms with E-state index in [2.05, 4.69) is 26.5 Å². The number of ether oxygens (including phenoxy) is 1.